The summed E-state index contributed by atoms with van der Waals surface area (Å²) in [6.45, 7) is 3.24. The van der Waals surface area contributed by atoms with Gasteiger partial charge in [0.15, 0.2) is 5.72 Å². The molecule has 0 aliphatic carbocycles. The molecule has 0 spiro atoms. The maximum absolute atomic E-state index is 11.1. The first kappa shape index (κ1) is 17.0. The van der Waals surface area contributed by atoms with E-state index in [1.807, 2.05) is 0 Å². The lowest BCUT2D eigenvalue weighted by Gasteiger charge is -2.32. The number of rotatable bonds is 7. The topological polar surface area (TPSA) is 154 Å². The standard InChI is InChI=1S/C10H19N2O6/c1-5(2)9(17)12-4-10(11,18)8(16)7(15)6(14)3-13/h6-8,11,13-16,18H,1,3-4H2,2H3,(H,12,17)/t6-,7-,8+,10-/m1/s1. The van der Waals surface area contributed by atoms with Crippen molar-refractivity contribution in [1.82, 2.24) is 11.1 Å². The molecule has 0 aromatic rings. The fourth-order valence-corrected chi connectivity index (χ4v) is 1.07. The molecule has 0 aliphatic heterocycles. The minimum Gasteiger partial charge on any atom is -0.394 e. The molecule has 0 saturated carbocycles. The van der Waals surface area contributed by atoms with Gasteiger partial charge in [-0.2, -0.15) is 0 Å². The van der Waals surface area contributed by atoms with Gasteiger partial charge in [0.2, 0.25) is 5.91 Å². The average molecular weight is 263 g/mol. The molecule has 105 valence electrons. The summed E-state index contributed by atoms with van der Waals surface area (Å²) < 4.78 is 0. The van der Waals surface area contributed by atoms with Crippen LogP contribution in [0.15, 0.2) is 12.2 Å². The third-order valence-electron chi connectivity index (χ3n) is 2.30. The molecular formula is C10H19N2O6. The minimum atomic E-state index is -2.61. The zero-order valence-corrected chi connectivity index (χ0v) is 10.00. The van der Waals surface area contributed by atoms with Gasteiger partial charge in [-0.15, -0.1) is 0 Å². The van der Waals surface area contributed by atoms with Crippen molar-refractivity contribution < 1.29 is 30.3 Å². The second-order valence-electron chi connectivity index (χ2n) is 4.07. The number of carbonyl (C=O) groups excluding carboxylic acids is 1. The molecule has 18 heavy (non-hydrogen) atoms. The Morgan fingerprint density at radius 1 is 1.44 bits per heavy atom. The smallest absolute Gasteiger partial charge is 0.246 e. The Labute approximate surface area is 104 Å². The predicted octanol–water partition coefficient (Wildman–Crippen LogP) is -3.27. The summed E-state index contributed by atoms with van der Waals surface area (Å²) in [5.41, 5.74) is 4.91. The van der Waals surface area contributed by atoms with Crippen LogP contribution in [0.3, 0.4) is 0 Å². The zero-order chi connectivity index (χ0) is 14.5. The van der Waals surface area contributed by atoms with Gasteiger partial charge in [0.25, 0.3) is 0 Å². The number of amides is 1. The first-order chi connectivity index (χ1) is 8.13. The lowest BCUT2D eigenvalue weighted by molar-refractivity contribution is -0.159. The average Bonchev–Trinajstić information content (AvgIpc) is 2.32. The van der Waals surface area contributed by atoms with Gasteiger partial charge in [-0.1, -0.05) is 6.58 Å². The van der Waals surface area contributed by atoms with Crippen LogP contribution in [0.5, 0.6) is 0 Å². The fraction of sp³-hybridized carbons (Fsp3) is 0.700. The van der Waals surface area contributed by atoms with Crippen molar-refractivity contribution in [3.8, 4) is 0 Å². The van der Waals surface area contributed by atoms with Gasteiger partial charge in [0.1, 0.15) is 18.3 Å². The van der Waals surface area contributed by atoms with Crippen molar-refractivity contribution in [3.63, 3.8) is 0 Å². The summed E-state index contributed by atoms with van der Waals surface area (Å²) in [6, 6.07) is 0. The van der Waals surface area contributed by atoms with E-state index in [0.717, 1.165) is 0 Å². The van der Waals surface area contributed by atoms with Gasteiger partial charge in [0.05, 0.1) is 13.2 Å². The van der Waals surface area contributed by atoms with Crippen LogP contribution in [0.4, 0.5) is 0 Å². The van der Waals surface area contributed by atoms with E-state index in [-0.39, 0.29) is 5.57 Å². The van der Waals surface area contributed by atoms with Crippen LogP contribution in [0.1, 0.15) is 6.92 Å². The van der Waals surface area contributed by atoms with Gasteiger partial charge in [0, 0.05) is 5.57 Å². The lowest BCUT2D eigenvalue weighted by Crippen LogP contribution is -2.59. The number of nitrogens with one attached hydrogen (secondary N) is 2. The molecule has 1 amide bonds. The van der Waals surface area contributed by atoms with Gasteiger partial charge in [-0.05, 0) is 6.92 Å². The molecule has 0 bridgehead atoms. The van der Waals surface area contributed by atoms with Crippen LogP contribution in [0.2, 0.25) is 0 Å². The summed E-state index contributed by atoms with van der Waals surface area (Å²) in [6.07, 6.45) is -5.68. The van der Waals surface area contributed by atoms with Crippen LogP contribution < -0.4 is 11.1 Å². The van der Waals surface area contributed by atoms with E-state index in [2.05, 4.69) is 11.9 Å². The monoisotopic (exact) mass is 263 g/mol. The van der Waals surface area contributed by atoms with Crippen molar-refractivity contribution in [2.75, 3.05) is 13.2 Å². The molecule has 0 aliphatic rings. The molecule has 0 aromatic heterocycles. The Kier molecular flexibility index (Phi) is 6.39. The van der Waals surface area contributed by atoms with Crippen molar-refractivity contribution in [2.45, 2.75) is 31.0 Å². The quantitative estimate of drug-likeness (QED) is 0.265. The fourth-order valence-electron chi connectivity index (χ4n) is 1.07. The number of aliphatic hydroxyl groups is 5. The van der Waals surface area contributed by atoms with Crippen molar-refractivity contribution >= 4 is 5.91 Å². The largest absolute Gasteiger partial charge is 0.394 e. The summed E-state index contributed by atoms with van der Waals surface area (Å²) >= 11 is 0. The minimum absolute atomic E-state index is 0.149. The lowest BCUT2D eigenvalue weighted by atomic mass is 9.98. The summed E-state index contributed by atoms with van der Waals surface area (Å²) in [5, 5.41) is 48.1. The van der Waals surface area contributed by atoms with Gasteiger partial charge >= 0.3 is 0 Å². The second-order valence-corrected chi connectivity index (χ2v) is 4.07. The molecule has 0 heterocycles. The highest BCUT2D eigenvalue weighted by molar-refractivity contribution is 5.92. The maximum Gasteiger partial charge on any atom is 0.246 e. The van der Waals surface area contributed by atoms with E-state index in [1.54, 1.807) is 0 Å². The van der Waals surface area contributed by atoms with Crippen LogP contribution in [-0.2, 0) is 4.79 Å². The highest BCUT2D eigenvalue weighted by Crippen LogP contribution is 2.12. The van der Waals surface area contributed by atoms with Crippen LogP contribution in [0, 0.1) is 0 Å². The molecule has 0 unspecified atom stereocenters. The molecule has 0 aromatic carbocycles. The van der Waals surface area contributed by atoms with Gasteiger partial charge < -0.3 is 30.8 Å². The maximum atomic E-state index is 11.1. The van der Waals surface area contributed by atoms with E-state index in [1.165, 1.54) is 6.92 Å². The van der Waals surface area contributed by atoms with Crippen LogP contribution in [-0.4, -0.2) is 68.6 Å². The Morgan fingerprint density at radius 3 is 2.33 bits per heavy atom. The van der Waals surface area contributed by atoms with Crippen LogP contribution in [0.25, 0.3) is 0 Å². The predicted molar refractivity (Wildman–Crippen MR) is 61.0 cm³/mol. The van der Waals surface area contributed by atoms with E-state index < -0.39 is 43.1 Å². The molecule has 8 heteroatoms. The molecule has 7 N–H and O–H groups in total. The molecule has 0 saturated heterocycles. The SMILES string of the molecule is C=C(C)C(=O)NC[C@@]([NH])(O)[C@@H](O)[C@H](O)[C@H](O)CO. The van der Waals surface area contributed by atoms with Crippen molar-refractivity contribution in [3.05, 3.63) is 12.2 Å². The van der Waals surface area contributed by atoms with Gasteiger partial charge in [-0.3, -0.25) is 4.79 Å². The summed E-state index contributed by atoms with van der Waals surface area (Å²) in [7, 11) is 0. The third-order valence-corrected chi connectivity index (χ3v) is 2.30. The highest BCUT2D eigenvalue weighted by Gasteiger charge is 2.40. The number of carbonyl (C=O) groups is 1. The number of hydrogen-bond donors (Lipinski definition) is 6. The zero-order valence-electron chi connectivity index (χ0n) is 10.00. The van der Waals surface area contributed by atoms with Crippen LogP contribution >= 0.6 is 0 Å². The Morgan fingerprint density at radius 2 is 1.94 bits per heavy atom. The first-order valence-electron chi connectivity index (χ1n) is 5.19. The molecular weight excluding hydrogens is 244 g/mol. The molecule has 4 atom stereocenters. The molecule has 0 rings (SSSR count). The summed E-state index contributed by atoms with van der Waals surface area (Å²) in [5.74, 6) is -0.620. The van der Waals surface area contributed by atoms with E-state index in [4.69, 9.17) is 15.9 Å². The normalized spacial score (nSPS) is 19.5. The van der Waals surface area contributed by atoms with Gasteiger partial charge in [-0.25, -0.2) is 5.73 Å². The molecule has 1 radical (unpaired) electrons. The second kappa shape index (κ2) is 6.78. The third kappa shape index (κ3) is 4.69. The summed E-state index contributed by atoms with van der Waals surface area (Å²) in [4.78, 5) is 11.1. The van der Waals surface area contributed by atoms with E-state index >= 15 is 0 Å². The molecule has 0 fully saturated rings. The van der Waals surface area contributed by atoms with Crippen molar-refractivity contribution in [1.29, 1.82) is 0 Å². The number of aliphatic hydroxyl groups excluding tert-OH is 4. The Bertz CT molecular complexity index is 307. The molecule has 8 nitrogen and oxygen atoms in total. The van der Waals surface area contributed by atoms with Crippen molar-refractivity contribution in [2.24, 2.45) is 0 Å². The van der Waals surface area contributed by atoms with E-state index in [0.29, 0.717) is 0 Å². The first-order valence-corrected chi connectivity index (χ1v) is 5.19. The highest BCUT2D eigenvalue weighted by atomic mass is 16.4. The Balaban J connectivity index is 4.52. The number of hydrogen-bond acceptors (Lipinski definition) is 6. The Hall–Kier alpha value is -1.03. The van der Waals surface area contributed by atoms with E-state index in [9.17, 15) is 20.1 Å².